The maximum atomic E-state index is 13.6. The van der Waals surface area contributed by atoms with E-state index in [0.29, 0.717) is 12.8 Å². The minimum Gasteiger partial charge on any atom is -0.505 e. The van der Waals surface area contributed by atoms with Crippen molar-refractivity contribution in [3.63, 3.8) is 0 Å². The van der Waals surface area contributed by atoms with E-state index in [9.17, 15) is 22.3 Å². The number of likely N-dealkylation sites (N-methyl/N-ethyl adjacent to an activating group) is 1. The van der Waals surface area contributed by atoms with Gasteiger partial charge < -0.3 is 10.4 Å². The fourth-order valence-corrected chi connectivity index (χ4v) is 2.27. The molecule has 0 spiro atoms. The molecule has 0 aliphatic carbocycles. The SMILES string of the molecule is CNCCc1cc(F)c(S(C)(=O)=O)c(F)c1O. The molecule has 0 aliphatic rings. The Morgan fingerprint density at radius 2 is 2.00 bits per heavy atom. The van der Waals surface area contributed by atoms with Crippen LogP contribution in [-0.2, 0) is 16.3 Å². The van der Waals surface area contributed by atoms with Crippen molar-refractivity contribution in [2.24, 2.45) is 0 Å². The Bertz CT molecular complexity index is 529. The zero-order valence-electron chi connectivity index (χ0n) is 9.42. The predicted molar refractivity (Wildman–Crippen MR) is 58.8 cm³/mol. The van der Waals surface area contributed by atoms with Gasteiger partial charge in [0.2, 0.25) is 0 Å². The van der Waals surface area contributed by atoms with E-state index >= 15 is 0 Å². The van der Waals surface area contributed by atoms with E-state index in [1.54, 1.807) is 7.05 Å². The molecule has 0 bridgehead atoms. The first-order valence-corrected chi connectivity index (χ1v) is 6.72. The lowest BCUT2D eigenvalue weighted by atomic mass is 10.1. The van der Waals surface area contributed by atoms with Crippen molar-refractivity contribution in [1.82, 2.24) is 5.32 Å². The Kier molecular flexibility index (Phi) is 4.05. The molecule has 0 aromatic heterocycles. The zero-order chi connectivity index (χ0) is 13.2. The van der Waals surface area contributed by atoms with Gasteiger partial charge in [0.1, 0.15) is 10.7 Å². The van der Waals surface area contributed by atoms with Crippen LogP contribution < -0.4 is 5.32 Å². The normalized spacial score (nSPS) is 11.8. The molecule has 0 heterocycles. The number of phenolic OH excluding ortho intramolecular Hbond substituents is 1. The lowest BCUT2D eigenvalue weighted by molar-refractivity contribution is 0.405. The van der Waals surface area contributed by atoms with Crippen LogP contribution in [0, 0.1) is 11.6 Å². The Hall–Kier alpha value is -1.21. The van der Waals surface area contributed by atoms with Gasteiger partial charge in [-0.25, -0.2) is 17.2 Å². The third-order valence-electron chi connectivity index (χ3n) is 2.24. The summed E-state index contributed by atoms with van der Waals surface area (Å²) in [6.07, 6.45) is 0.876. The average Bonchev–Trinajstić information content (AvgIpc) is 2.19. The molecule has 0 amide bonds. The summed E-state index contributed by atoms with van der Waals surface area (Å²) in [5.74, 6) is -3.44. The van der Waals surface area contributed by atoms with Gasteiger partial charge in [-0.05, 0) is 26.1 Å². The minimum absolute atomic E-state index is 0.0294. The standard InChI is InChI=1S/C10H13F2NO3S/c1-13-4-3-6-5-7(11)10(17(2,15)16)8(12)9(6)14/h5,13-14H,3-4H2,1-2H3. The quantitative estimate of drug-likeness (QED) is 0.846. The van der Waals surface area contributed by atoms with Crippen LogP contribution in [0.2, 0.25) is 0 Å². The van der Waals surface area contributed by atoms with Crippen LogP contribution in [0.1, 0.15) is 5.56 Å². The third-order valence-corrected chi connectivity index (χ3v) is 3.36. The van der Waals surface area contributed by atoms with Crippen molar-refractivity contribution in [2.75, 3.05) is 19.8 Å². The summed E-state index contributed by atoms with van der Waals surface area (Å²) in [5.41, 5.74) is 0.0294. The smallest absolute Gasteiger partial charge is 0.186 e. The van der Waals surface area contributed by atoms with Gasteiger partial charge in [0.05, 0.1) is 0 Å². The summed E-state index contributed by atoms with van der Waals surface area (Å²) in [6.45, 7) is 0.407. The number of benzene rings is 1. The van der Waals surface area contributed by atoms with Crippen LogP contribution >= 0.6 is 0 Å². The molecule has 4 nitrogen and oxygen atoms in total. The molecule has 1 aromatic rings. The molecule has 2 N–H and O–H groups in total. The fourth-order valence-electron chi connectivity index (χ4n) is 1.43. The summed E-state index contributed by atoms with van der Waals surface area (Å²) < 4.78 is 49.3. The van der Waals surface area contributed by atoms with E-state index in [-0.39, 0.29) is 12.0 Å². The lowest BCUT2D eigenvalue weighted by Gasteiger charge is -2.09. The van der Waals surface area contributed by atoms with Crippen molar-refractivity contribution in [3.05, 3.63) is 23.3 Å². The van der Waals surface area contributed by atoms with Crippen molar-refractivity contribution >= 4 is 9.84 Å². The Labute approximate surface area is 98.2 Å². The highest BCUT2D eigenvalue weighted by Gasteiger charge is 2.24. The molecule has 0 atom stereocenters. The molecule has 1 aromatic carbocycles. The number of halogens is 2. The molecular formula is C10H13F2NO3S. The summed E-state index contributed by atoms with van der Waals surface area (Å²) >= 11 is 0. The van der Waals surface area contributed by atoms with Gasteiger partial charge in [0, 0.05) is 11.8 Å². The van der Waals surface area contributed by atoms with E-state index in [1.165, 1.54) is 0 Å². The van der Waals surface area contributed by atoms with Crippen molar-refractivity contribution < 1.29 is 22.3 Å². The monoisotopic (exact) mass is 265 g/mol. The summed E-state index contributed by atoms with van der Waals surface area (Å²) in [4.78, 5) is -1.09. The number of aromatic hydroxyl groups is 1. The van der Waals surface area contributed by atoms with Crippen LogP contribution in [0.25, 0.3) is 0 Å². The van der Waals surface area contributed by atoms with Crippen molar-refractivity contribution in [3.8, 4) is 5.75 Å². The number of phenols is 1. The van der Waals surface area contributed by atoms with Crippen molar-refractivity contribution in [1.29, 1.82) is 0 Å². The summed E-state index contributed by atoms with van der Waals surface area (Å²) in [7, 11) is -2.40. The van der Waals surface area contributed by atoms with E-state index in [2.05, 4.69) is 5.32 Å². The Morgan fingerprint density at radius 3 is 2.47 bits per heavy atom. The molecule has 1 rings (SSSR count). The second kappa shape index (κ2) is 4.97. The number of hydrogen-bond donors (Lipinski definition) is 2. The fraction of sp³-hybridized carbons (Fsp3) is 0.400. The first-order chi connectivity index (χ1) is 7.79. The van der Waals surface area contributed by atoms with Crippen LogP contribution in [-0.4, -0.2) is 33.4 Å². The number of nitrogens with one attached hydrogen (secondary N) is 1. The molecule has 0 fully saturated rings. The first kappa shape index (κ1) is 13.9. The molecule has 0 aliphatic heterocycles. The molecule has 0 saturated carbocycles. The third kappa shape index (κ3) is 2.92. The molecule has 0 saturated heterocycles. The second-order valence-corrected chi connectivity index (χ2v) is 5.59. The van der Waals surface area contributed by atoms with Crippen LogP contribution in [0.5, 0.6) is 5.75 Å². The average molecular weight is 265 g/mol. The molecule has 17 heavy (non-hydrogen) atoms. The number of sulfone groups is 1. The summed E-state index contributed by atoms with van der Waals surface area (Å²) in [5, 5.41) is 12.2. The van der Waals surface area contributed by atoms with Crippen LogP contribution in [0.15, 0.2) is 11.0 Å². The predicted octanol–water partition coefficient (Wildman–Crippen LogP) is 0.836. The van der Waals surface area contributed by atoms with E-state index in [1.807, 2.05) is 0 Å². The highest BCUT2D eigenvalue weighted by atomic mass is 32.2. The van der Waals surface area contributed by atoms with Gasteiger partial charge in [-0.1, -0.05) is 0 Å². The van der Waals surface area contributed by atoms with Crippen LogP contribution in [0.4, 0.5) is 8.78 Å². The molecule has 96 valence electrons. The highest BCUT2D eigenvalue weighted by molar-refractivity contribution is 7.90. The van der Waals surface area contributed by atoms with Gasteiger partial charge in [-0.15, -0.1) is 0 Å². The largest absolute Gasteiger partial charge is 0.505 e. The van der Waals surface area contributed by atoms with Gasteiger partial charge in [-0.2, -0.15) is 0 Å². The molecule has 0 radical (unpaired) electrons. The van der Waals surface area contributed by atoms with E-state index in [4.69, 9.17) is 0 Å². The Balaban J connectivity index is 3.37. The zero-order valence-corrected chi connectivity index (χ0v) is 10.2. The van der Waals surface area contributed by atoms with E-state index < -0.39 is 32.1 Å². The molecule has 7 heteroatoms. The molecular weight excluding hydrogens is 252 g/mol. The second-order valence-electron chi connectivity index (χ2n) is 3.63. The maximum Gasteiger partial charge on any atom is 0.186 e. The van der Waals surface area contributed by atoms with E-state index in [0.717, 1.165) is 6.07 Å². The van der Waals surface area contributed by atoms with Gasteiger partial charge in [0.25, 0.3) is 0 Å². The Morgan fingerprint density at radius 1 is 1.41 bits per heavy atom. The summed E-state index contributed by atoms with van der Waals surface area (Å²) in [6, 6.07) is 0.839. The molecule has 0 unspecified atom stereocenters. The highest BCUT2D eigenvalue weighted by Crippen LogP contribution is 2.30. The number of rotatable bonds is 4. The van der Waals surface area contributed by atoms with Crippen molar-refractivity contribution in [2.45, 2.75) is 11.3 Å². The van der Waals surface area contributed by atoms with Crippen LogP contribution in [0.3, 0.4) is 0 Å². The van der Waals surface area contributed by atoms with Gasteiger partial charge >= 0.3 is 0 Å². The van der Waals surface area contributed by atoms with Gasteiger partial charge in [0.15, 0.2) is 21.4 Å². The maximum absolute atomic E-state index is 13.6. The first-order valence-electron chi connectivity index (χ1n) is 4.83. The van der Waals surface area contributed by atoms with Gasteiger partial charge in [-0.3, -0.25) is 0 Å². The minimum atomic E-state index is -4.05. The number of hydrogen-bond acceptors (Lipinski definition) is 4. The lowest BCUT2D eigenvalue weighted by Crippen LogP contribution is -2.12. The topological polar surface area (TPSA) is 66.4 Å².